The van der Waals surface area contributed by atoms with Gasteiger partial charge in [0.25, 0.3) is 0 Å². The van der Waals surface area contributed by atoms with Crippen LogP contribution in [-0.4, -0.2) is 35.9 Å². The average molecular weight is 350 g/mol. The molecule has 0 amide bonds. The Labute approximate surface area is 144 Å². The normalized spacial score (nSPS) is 11.6. The van der Waals surface area contributed by atoms with E-state index in [-0.39, 0.29) is 12.6 Å². The number of esters is 1. The van der Waals surface area contributed by atoms with E-state index in [0.29, 0.717) is 22.1 Å². The summed E-state index contributed by atoms with van der Waals surface area (Å²) < 4.78 is 4.73. The number of hydrogen-bond donors (Lipinski definition) is 3. The first-order chi connectivity index (χ1) is 11.1. The summed E-state index contributed by atoms with van der Waals surface area (Å²) in [5, 5.41) is 17.7. The van der Waals surface area contributed by atoms with Gasteiger partial charge >= 0.3 is 5.97 Å². The summed E-state index contributed by atoms with van der Waals surface area (Å²) in [4.78, 5) is 12.1. The third-order valence-corrected chi connectivity index (χ3v) is 4.28. The smallest absolute Gasteiger partial charge is 0.350 e. The van der Waals surface area contributed by atoms with E-state index in [4.69, 9.17) is 17.0 Å². The maximum absolute atomic E-state index is 11.6. The van der Waals surface area contributed by atoms with E-state index in [1.807, 2.05) is 30.3 Å². The van der Waals surface area contributed by atoms with Crippen LogP contribution in [0.15, 0.2) is 41.8 Å². The highest BCUT2D eigenvalue weighted by atomic mass is 32.1. The Morgan fingerprint density at radius 1 is 1.35 bits per heavy atom. The number of carbonyl (C=O) groups is 1. The minimum absolute atomic E-state index is 0.0514. The van der Waals surface area contributed by atoms with E-state index < -0.39 is 5.97 Å². The van der Waals surface area contributed by atoms with Gasteiger partial charge in [0, 0.05) is 0 Å². The van der Waals surface area contributed by atoms with Crippen LogP contribution in [0.2, 0.25) is 0 Å². The maximum Gasteiger partial charge on any atom is 0.350 e. The minimum atomic E-state index is -0.409. The molecule has 1 heterocycles. The van der Waals surface area contributed by atoms with Gasteiger partial charge in [-0.25, -0.2) is 4.79 Å². The molecule has 0 spiro atoms. The molecule has 122 valence electrons. The molecule has 23 heavy (non-hydrogen) atoms. The van der Waals surface area contributed by atoms with Crippen molar-refractivity contribution < 1.29 is 14.6 Å². The number of benzene rings is 1. The zero-order chi connectivity index (χ0) is 16.7. The summed E-state index contributed by atoms with van der Waals surface area (Å²) in [5.41, 5.74) is 1.70. The van der Waals surface area contributed by atoms with Crippen molar-refractivity contribution in [1.82, 2.24) is 5.32 Å². The Bertz CT molecular complexity index is 658. The van der Waals surface area contributed by atoms with Gasteiger partial charge in [0.2, 0.25) is 0 Å². The number of nitrogens with one attached hydrogen (secondary N) is 2. The van der Waals surface area contributed by atoms with E-state index in [1.165, 1.54) is 18.4 Å². The molecule has 0 aliphatic rings. The first-order valence-corrected chi connectivity index (χ1v) is 8.31. The number of rotatable bonds is 6. The van der Waals surface area contributed by atoms with Gasteiger partial charge in [-0.1, -0.05) is 30.3 Å². The van der Waals surface area contributed by atoms with E-state index >= 15 is 0 Å². The number of hydrogen-bond acceptors (Lipinski definition) is 5. The van der Waals surface area contributed by atoms with Crippen molar-refractivity contribution >= 4 is 40.3 Å². The van der Waals surface area contributed by atoms with Crippen molar-refractivity contribution in [2.45, 2.75) is 12.5 Å². The van der Waals surface area contributed by atoms with Gasteiger partial charge in [-0.05, 0) is 35.6 Å². The zero-order valence-electron chi connectivity index (χ0n) is 12.6. The molecule has 1 aromatic carbocycles. The summed E-state index contributed by atoms with van der Waals surface area (Å²) in [6.07, 6.45) is 0.645. The predicted molar refractivity (Wildman–Crippen MR) is 96.0 cm³/mol. The molecule has 0 bridgehead atoms. The molecular formula is C16H18N2O3S2. The number of aliphatic hydroxyl groups excluding tert-OH is 1. The molecule has 0 fully saturated rings. The molecule has 3 N–H and O–H groups in total. The lowest BCUT2D eigenvalue weighted by atomic mass is 10.1. The second-order valence-electron chi connectivity index (χ2n) is 4.82. The summed E-state index contributed by atoms with van der Waals surface area (Å²) >= 11 is 6.54. The summed E-state index contributed by atoms with van der Waals surface area (Å²) in [6.45, 7) is -0.0514. The van der Waals surface area contributed by atoms with Crippen molar-refractivity contribution in [3.05, 3.63) is 52.2 Å². The third-order valence-electron chi connectivity index (χ3n) is 3.16. The van der Waals surface area contributed by atoms with E-state index in [2.05, 4.69) is 10.6 Å². The van der Waals surface area contributed by atoms with E-state index in [1.54, 1.807) is 11.4 Å². The van der Waals surface area contributed by atoms with Crippen LogP contribution in [0.3, 0.4) is 0 Å². The van der Waals surface area contributed by atoms with Crippen LogP contribution >= 0.6 is 23.6 Å². The molecule has 1 atom stereocenters. The van der Waals surface area contributed by atoms with Crippen LogP contribution in [0.25, 0.3) is 0 Å². The van der Waals surface area contributed by atoms with Crippen LogP contribution in [0, 0.1) is 0 Å². The van der Waals surface area contributed by atoms with Crippen molar-refractivity contribution in [3.63, 3.8) is 0 Å². The molecule has 1 unspecified atom stereocenters. The van der Waals surface area contributed by atoms with E-state index in [9.17, 15) is 9.90 Å². The quantitative estimate of drug-likeness (QED) is 0.549. The Morgan fingerprint density at radius 2 is 2.09 bits per heavy atom. The fourth-order valence-corrected chi connectivity index (χ4v) is 3.10. The van der Waals surface area contributed by atoms with Crippen LogP contribution < -0.4 is 10.6 Å². The first kappa shape index (κ1) is 17.4. The highest BCUT2D eigenvalue weighted by Gasteiger charge is 2.16. The van der Waals surface area contributed by atoms with Crippen LogP contribution in [0.1, 0.15) is 15.2 Å². The fourth-order valence-electron chi connectivity index (χ4n) is 2.06. The van der Waals surface area contributed by atoms with E-state index in [0.717, 1.165) is 5.56 Å². The Hall–Kier alpha value is -1.96. The van der Waals surface area contributed by atoms with Crippen LogP contribution in [0.4, 0.5) is 5.69 Å². The summed E-state index contributed by atoms with van der Waals surface area (Å²) in [6, 6.07) is 11.4. The number of aliphatic hydroxyl groups is 1. The highest BCUT2D eigenvalue weighted by molar-refractivity contribution is 7.80. The van der Waals surface area contributed by atoms with Crippen LogP contribution in [-0.2, 0) is 11.2 Å². The largest absolute Gasteiger partial charge is 0.465 e. The number of thiophene rings is 1. The second-order valence-corrected chi connectivity index (χ2v) is 6.15. The van der Waals surface area contributed by atoms with Crippen molar-refractivity contribution in [1.29, 1.82) is 0 Å². The number of ether oxygens (including phenoxy) is 1. The fraction of sp³-hybridized carbons (Fsp3) is 0.250. The van der Waals surface area contributed by atoms with Crippen molar-refractivity contribution in [3.8, 4) is 0 Å². The predicted octanol–water partition coefficient (Wildman–Crippen LogP) is 2.42. The molecule has 0 aliphatic heterocycles. The molecule has 2 rings (SSSR count). The number of carbonyl (C=O) groups excluding carboxylic acids is 1. The summed E-state index contributed by atoms with van der Waals surface area (Å²) in [5.74, 6) is -0.409. The molecule has 0 aliphatic carbocycles. The molecule has 0 saturated carbocycles. The SMILES string of the molecule is COC(=O)c1sccc1NC(=S)NC(CO)Cc1ccccc1. The van der Waals surface area contributed by atoms with Gasteiger partial charge < -0.3 is 20.5 Å². The van der Waals surface area contributed by atoms with Gasteiger partial charge in [-0.3, -0.25) is 0 Å². The second kappa shape index (κ2) is 8.61. The standard InChI is InChI=1S/C16H18N2O3S2/c1-21-15(20)14-13(7-8-23-14)18-16(22)17-12(10-19)9-11-5-3-2-4-6-11/h2-8,12,19H,9-10H2,1H3,(H2,17,18,22). The van der Waals surface area contributed by atoms with Crippen molar-refractivity contribution in [2.24, 2.45) is 0 Å². The first-order valence-electron chi connectivity index (χ1n) is 7.02. The van der Waals surface area contributed by atoms with Gasteiger partial charge in [0.05, 0.1) is 25.4 Å². The minimum Gasteiger partial charge on any atom is -0.465 e. The third kappa shape index (κ3) is 5.02. The van der Waals surface area contributed by atoms with Gasteiger partial charge in [0.1, 0.15) is 4.88 Å². The molecule has 5 nitrogen and oxygen atoms in total. The highest BCUT2D eigenvalue weighted by Crippen LogP contribution is 2.23. The number of methoxy groups -OCH3 is 1. The Morgan fingerprint density at radius 3 is 2.74 bits per heavy atom. The topological polar surface area (TPSA) is 70.6 Å². The number of anilines is 1. The lowest BCUT2D eigenvalue weighted by molar-refractivity contribution is 0.0607. The van der Waals surface area contributed by atoms with Gasteiger partial charge in [0.15, 0.2) is 5.11 Å². The Kier molecular flexibility index (Phi) is 6.52. The lowest BCUT2D eigenvalue weighted by Crippen LogP contribution is -2.41. The van der Waals surface area contributed by atoms with Gasteiger partial charge in [-0.15, -0.1) is 11.3 Å². The van der Waals surface area contributed by atoms with Crippen molar-refractivity contribution in [2.75, 3.05) is 19.0 Å². The molecular weight excluding hydrogens is 332 g/mol. The van der Waals surface area contributed by atoms with Crippen LogP contribution in [0.5, 0.6) is 0 Å². The monoisotopic (exact) mass is 350 g/mol. The molecule has 2 aromatic rings. The maximum atomic E-state index is 11.6. The Balaban J connectivity index is 1.95. The molecule has 7 heteroatoms. The summed E-state index contributed by atoms with van der Waals surface area (Å²) in [7, 11) is 1.34. The zero-order valence-corrected chi connectivity index (χ0v) is 14.2. The molecule has 0 saturated heterocycles. The lowest BCUT2D eigenvalue weighted by Gasteiger charge is -2.19. The average Bonchev–Trinajstić information content (AvgIpc) is 3.02. The number of thiocarbonyl (C=S) groups is 1. The molecule has 0 radical (unpaired) electrons. The molecule has 1 aromatic heterocycles. The van der Waals surface area contributed by atoms with Gasteiger partial charge in [-0.2, -0.15) is 0 Å².